The summed E-state index contributed by atoms with van der Waals surface area (Å²) >= 11 is 8.98. The SMILES string of the molecule is C=C(C)CC(S)CCOCCOCCC(S)CC(=C)C. The molecule has 0 saturated heterocycles. The molecule has 2 atom stereocenters. The predicted molar refractivity (Wildman–Crippen MR) is 95.3 cm³/mol. The molecule has 0 N–H and O–H groups in total. The quantitative estimate of drug-likeness (QED) is 0.299. The van der Waals surface area contributed by atoms with Gasteiger partial charge in [0.2, 0.25) is 0 Å². The number of thiol groups is 2. The Morgan fingerprint density at radius 3 is 1.45 bits per heavy atom. The predicted octanol–water partition coefficient (Wildman–Crippen LogP) is 4.33. The second-order valence-electron chi connectivity index (χ2n) is 5.43. The van der Waals surface area contributed by atoms with Crippen molar-refractivity contribution in [2.45, 2.75) is 50.0 Å². The van der Waals surface area contributed by atoms with Crippen LogP contribution in [0.5, 0.6) is 0 Å². The van der Waals surface area contributed by atoms with Crippen LogP contribution in [0.15, 0.2) is 24.3 Å². The fraction of sp³-hybridized carbons (Fsp3) is 0.750. The van der Waals surface area contributed by atoms with Crippen LogP contribution in [0.3, 0.4) is 0 Å². The maximum absolute atomic E-state index is 5.52. The Kier molecular flexibility index (Phi) is 12.9. The molecule has 118 valence electrons. The highest BCUT2D eigenvalue weighted by Crippen LogP contribution is 2.12. The van der Waals surface area contributed by atoms with Crippen molar-refractivity contribution in [3.63, 3.8) is 0 Å². The van der Waals surface area contributed by atoms with Gasteiger partial charge in [-0.3, -0.25) is 0 Å². The fourth-order valence-electron chi connectivity index (χ4n) is 1.77. The van der Waals surface area contributed by atoms with Crippen LogP contribution in [0.2, 0.25) is 0 Å². The summed E-state index contributed by atoms with van der Waals surface area (Å²) in [5, 5.41) is 0.695. The van der Waals surface area contributed by atoms with Crippen molar-refractivity contribution < 1.29 is 9.47 Å². The van der Waals surface area contributed by atoms with Gasteiger partial charge in [-0.05, 0) is 39.5 Å². The van der Waals surface area contributed by atoms with E-state index in [-0.39, 0.29) is 0 Å². The van der Waals surface area contributed by atoms with Gasteiger partial charge in [0, 0.05) is 23.7 Å². The maximum Gasteiger partial charge on any atom is 0.0700 e. The van der Waals surface area contributed by atoms with Crippen molar-refractivity contribution in [1.29, 1.82) is 0 Å². The van der Waals surface area contributed by atoms with E-state index < -0.39 is 0 Å². The normalized spacial score (nSPS) is 14.0. The van der Waals surface area contributed by atoms with E-state index in [0.29, 0.717) is 23.7 Å². The lowest BCUT2D eigenvalue weighted by atomic mass is 10.1. The highest BCUT2D eigenvalue weighted by molar-refractivity contribution is 7.81. The highest BCUT2D eigenvalue weighted by Gasteiger charge is 2.04. The number of rotatable bonds is 13. The molecule has 0 saturated carbocycles. The molecule has 0 radical (unpaired) electrons. The molecule has 0 heterocycles. The summed E-state index contributed by atoms with van der Waals surface area (Å²) < 4.78 is 11.0. The first-order chi connectivity index (χ1) is 9.41. The van der Waals surface area contributed by atoms with Crippen molar-refractivity contribution in [3.8, 4) is 0 Å². The van der Waals surface area contributed by atoms with Crippen LogP contribution in [-0.2, 0) is 9.47 Å². The maximum atomic E-state index is 5.52. The van der Waals surface area contributed by atoms with Crippen LogP contribution in [0.4, 0.5) is 0 Å². The lowest BCUT2D eigenvalue weighted by Gasteiger charge is -2.12. The Labute approximate surface area is 135 Å². The first kappa shape index (κ1) is 20.1. The average Bonchev–Trinajstić information content (AvgIpc) is 2.30. The van der Waals surface area contributed by atoms with E-state index in [1.54, 1.807) is 0 Å². The van der Waals surface area contributed by atoms with Crippen molar-refractivity contribution in [1.82, 2.24) is 0 Å². The van der Waals surface area contributed by atoms with Gasteiger partial charge in [-0.15, -0.1) is 13.2 Å². The molecule has 0 rings (SSSR count). The molecular weight excluding hydrogens is 288 g/mol. The van der Waals surface area contributed by atoms with Gasteiger partial charge in [-0.2, -0.15) is 25.3 Å². The van der Waals surface area contributed by atoms with Gasteiger partial charge in [0.1, 0.15) is 0 Å². The van der Waals surface area contributed by atoms with Crippen molar-refractivity contribution in [3.05, 3.63) is 24.3 Å². The number of allylic oxidation sites excluding steroid dienone is 2. The van der Waals surface area contributed by atoms with E-state index >= 15 is 0 Å². The number of ether oxygens (including phenoxy) is 2. The van der Waals surface area contributed by atoms with Gasteiger partial charge in [0.15, 0.2) is 0 Å². The molecule has 0 aliphatic carbocycles. The zero-order valence-electron chi connectivity index (χ0n) is 12.9. The van der Waals surface area contributed by atoms with E-state index in [4.69, 9.17) is 9.47 Å². The standard InChI is InChI=1S/C16H30O2S2/c1-13(2)11-15(19)5-7-17-9-10-18-8-6-16(20)12-14(3)4/h15-16,19-20H,1,3,5-12H2,2,4H3. The Morgan fingerprint density at radius 2 is 1.15 bits per heavy atom. The second kappa shape index (κ2) is 12.8. The van der Waals surface area contributed by atoms with Crippen molar-refractivity contribution in [2.24, 2.45) is 0 Å². The monoisotopic (exact) mass is 318 g/mol. The lowest BCUT2D eigenvalue weighted by molar-refractivity contribution is 0.0459. The van der Waals surface area contributed by atoms with Crippen LogP contribution < -0.4 is 0 Å². The van der Waals surface area contributed by atoms with Crippen LogP contribution in [-0.4, -0.2) is 36.9 Å². The molecule has 4 heteroatoms. The molecular formula is C16H30O2S2. The summed E-state index contributed by atoms with van der Waals surface area (Å²) in [5.74, 6) is 0. The zero-order chi connectivity index (χ0) is 15.4. The Morgan fingerprint density at radius 1 is 0.800 bits per heavy atom. The van der Waals surface area contributed by atoms with Gasteiger partial charge < -0.3 is 9.47 Å². The second-order valence-corrected chi connectivity index (χ2v) is 6.89. The third-order valence-electron chi connectivity index (χ3n) is 2.73. The van der Waals surface area contributed by atoms with Crippen LogP contribution in [0, 0.1) is 0 Å². The molecule has 20 heavy (non-hydrogen) atoms. The number of hydrogen-bond donors (Lipinski definition) is 2. The average molecular weight is 319 g/mol. The van der Waals surface area contributed by atoms with Gasteiger partial charge in [0.05, 0.1) is 13.2 Å². The summed E-state index contributed by atoms with van der Waals surface area (Å²) in [4.78, 5) is 0. The summed E-state index contributed by atoms with van der Waals surface area (Å²) in [6.45, 7) is 14.6. The molecule has 0 spiro atoms. The molecule has 0 fully saturated rings. The molecule has 0 aliphatic rings. The van der Waals surface area contributed by atoms with Crippen LogP contribution in [0.25, 0.3) is 0 Å². The third kappa shape index (κ3) is 14.5. The molecule has 0 aliphatic heterocycles. The van der Waals surface area contributed by atoms with Crippen LogP contribution in [0.1, 0.15) is 39.5 Å². The van der Waals surface area contributed by atoms with Crippen molar-refractivity contribution >= 4 is 25.3 Å². The largest absolute Gasteiger partial charge is 0.379 e. The minimum atomic E-state index is 0.348. The van der Waals surface area contributed by atoms with Gasteiger partial charge in [0.25, 0.3) is 0 Å². The Hall–Kier alpha value is 0.1000. The molecule has 0 aromatic rings. The summed E-state index contributed by atoms with van der Waals surface area (Å²) in [6.07, 6.45) is 3.81. The van der Waals surface area contributed by atoms with E-state index in [1.165, 1.54) is 11.1 Å². The molecule has 2 nitrogen and oxygen atoms in total. The summed E-state index contributed by atoms with van der Waals surface area (Å²) in [7, 11) is 0. The molecule has 2 unspecified atom stereocenters. The molecule has 0 bridgehead atoms. The van der Waals surface area contributed by atoms with Gasteiger partial charge >= 0.3 is 0 Å². The summed E-state index contributed by atoms with van der Waals surface area (Å²) in [5.41, 5.74) is 2.34. The fourth-order valence-corrected chi connectivity index (χ4v) is 2.60. The molecule has 0 aromatic heterocycles. The first-order valence-corrected chi connectivity index (χ1v) is 8.25. The minimum absolute atomic E-state index is 0.348. The van der Waals surface area contributed by atoms with Gasteiger partial charge in [-0.1, -0.05) is 11.1 Å². The number of hydrogen-bond acceptors (Lipinski definition) is 4. The van der Waals surface area contributed by atoms with E-state index in [1.807, 2.05) is 13.8 Å². The Bertz CT molecular complexity index is 252. The van der Waals surface area contributed by atoms with E-state index in [0.717, 1.165) is 38.9 Å². The van der Waals surface area contributed by atoms with Crippen LogP contribution >= 0.6 is 25.3 Å². The van der Waals surface area contributed by atoms with Gasteiger partial charge in [-0.25, -0.2) is 0 Å². The summed E-state index contributed by atoms with van der Waals surface area (Å²) in [6, 6.07) is 0. The lowest BCUT2D eigenvalue weighted by Crippen LogP contribution is -2.11. The van der Waals surface area contributed by atoms with Crippen molar-refractivity contribution in [2.75, 3.05) is 26.4 Å². The van der Waals surface area contributed by atoms with E-state index in [9.17, 15) is 0 Å². The first-order valence-electron chi connectivity index (χ1n) is 7.22. The highest BCUT2D eigenvalue weighted by atomic mass is 32.1. The minimum Gasteiger partial charge on any atom is -0.379 e. The molecule has 0 aromatic carbocycles. The zero-order valence-corrected chi connectivity index (χ0v) is 14.7. The topological polar surface area (TPSA) is 18.5 Å². The Balaban J connectivity index is 3.28. The third-order valence-corrected chi connectivity index (χ3v) is 3.61. The van der Waals surface area contributed by atoms with E-state index in [2.05, 4.69) is 38.4 Å². The smallest absolute Gasteiger partial charge is 0.0700 e. The molecule has 0 amide bonds.